The number of carbonyl (C=O) groups excluding carboxylic acids is 1. The highest BCUT2D eigenvalue weighted by molar-refractivity contribution is 7.99. The Labute approximate surface area is 117 Å². The predicted octanol–water partition coefficient (Wildman–Crippen LogP) is 3.71. The lowest BCUT2D eigenvalue weighted by Gasteiger charge is -2.24. The fourth-order valence-corrected chi connectivity index (χ4v) is 3.81. The number of rotatable bonds is 3. The highest BCUT2D eigenvalue weighted by Crippen LogP contribution is 2.41. The van der Waals surface area contributed by atoms with Gasteiger partial charge in [-0.1, -0.05) is 23.7 Å². The number of carbonyl (C=O) groups is 1. The van der Waals surface area contributed by atoms with Gasteiger partial charge in [-0.2, -0.15) is 0 Å². The van der Waals surface area contributed by atoms with Crippen LogP contribution in [0.25, 0.3) is 0 Å². The number of nitrogens with zero attached hydrogens (tertiary/aromatic N) is 1. The van der Waals surface area contributed by atoms with E-state index in [1.54, 1.807) is 0 Å². The second-order valence-corrected chi connectivity index (χ2v) is 6.64. The normalized spacial score (nSPS) is 23.4. The molecule has 0 aromatic heterocycles. The number of hydrogen-bond acceptors (Lipinski definition) is 2. The van der Waals surface area contributed by atoms with Gasteiger partial charge in [-0.3, -0.25) is 4.79 Å². The molecule has 2 nitrogen and oxygen atoms in total. The van der Waals surface area contributed by atoms with Gasteiger partial charge >= 0.3 is 0 Å². The quantitative estimate of drug-likeness (QED) is 0.842. The standard InChI is InChI=1S/C14H16ClNOS/c15-12-3-1-2-11(9-12)14-16(6-7-18-14)13(17)8-10-4-5-10/h1-3,9-10,14H,4-8H2. The second kappa shape index (κ2) is 5.14. The zero-order chi connectivity index (χ0) is 12.5. The van der Waals surface area contributed by atoms with Crippen LogP contribution in [-0.2, 0) is 4.79 Å². The van der Waals surface area contributed by atoms with Gasteiger partial charge in [0.25, 0.3) is 0 Å². The first-order valence-corrected chi connectivity index (χ1v) is 7.83. The second-order valence-electron chi connectivity index (χ2n) is 5.01. The maximum absolute atomic E-state index is 12.2. The molecule has 1 amide bonds. The average Bonchev–Trinajstić information content (AvgIpc) is 3.03. The molecule has 1 aromatic rings. The Kier molecular flexibility index (Phi) is 3.53. The van der Waals surface area contributed by atoms with E-state index in [9.17, 15) is 4.79 Å². The van der Waals surface area contributed by atoms with Crippen molar-refractivity contribution in [2.24, 2.45) is 5.92 Å². The Morgan fingerprint density at radius 1 is 1.44 bits per heavy atom. The van der Waals surface area contributed by atoms with Crippen molar-refractivity contribution in [1.82, 2.24) is 4.90 Å². The molecule has 96 valence electrons. The average molecular weight is 282 g/mol. The third-order valence-corrected chi connectivity index (χ3v) is 5.00. The zero-order valence-corrected chi connectivity index (χ0v) is 11.7. The molecule has 1 heterocycles. The molecule has 1 aliphatic carbocycles. The van der Waals surface area contributed by atoms with E-state index >= 15 is 0 Å². The maximum Gasteiger partial charge on any atom is 0.224 e. The van der Waals surface area contributed by atoms with Gasteiger partial charge in [0.1, 0.15) is 5.37 Å². The van der Waals surface area contributed by atoms with Crippen LogP contribution in [0.2, 0.25) is 5.02 Å². The molecule has 18 heavy (non-hydrogen) atoms. The van der Waals surface area contributed by atoms with E-state index in [2.05, 4.69) is 6.07 Å². The van der Waals surface area contributed by atoms with Crippen molar-refractivity contribution in [2.75, 3.05) is 12.3 Å². The number of hydrogen-bond donors (Lipinski definition) is 0. The van der Waals surface area contributed by atoms with Crippen LogP contribution in [-0.4, -0.2) is 23.1 Å². The molecular formula is C14H16ClNOS. The molecule has 2 fully saturated rings. The predicted molar refractivity (Wildman–Crippen MR) is 75.7 cm³/mol. The first-order chi connectivity index (χ1) is 8.74. The minimum Gasteiger partial charge on any atom is -0.326 e. The van der Waals surface area contributed by atoms with Crippen molar-refractivity contribution in [3.63, 3.8) is 0 Å². The summed E-state index contributed by atoms with van der Waals surface area (Å²) in [7, 11) is 0. The molecule has 1 saturated heterocycles. The van der Waals surface area contributed by atoms with Crippen LogP contribution in [0.3, 0.4) is 0 Å². The van der Waals surface area contributed by atoms with Gasteiger partial charge < -0.3 is 4.90 Å². The molecule has 2 aliphatic rings. The Morgan fingerprint density at radius 3 is 3.00 bits per heavy atom. The van der Waals surface area contributed by atoms with Crippen molar-refractivity contribution in [3.05, 3.63) is 34.9 Å². The largest absolute Gasteiger partial charge is 0.326 e. The molecule has 1 atom stereocenters. The van der Waals surface area contributed by atoms with E-state index in [0.29, 0.717) is 11.8 Å². The molecule has 0 radical (unpaired) electrons. The summed E-state index contributed by atoms with van der Waals surface area (Å²) in [5.74, 6) is 1.99. The Bertz CT molecular complexity index is 461. The van der Waals surface area contributed by atoms with Gasteiger partial charge in [-0.25, -0.2) is 0 Å². The van der Waals surface area contributed by atoms with Crippen LogP contribution in [0.1, 0.15) is 30.2 Å². The topological polar surface area (TPSA) is 20.3 Å². The Balaban J connectivity index is 1.75. The molecule has 0 N–H and O–H groups in total. The van der Waals surface area contributed by atoms with Crippen molar-refractivity contribution < 1.29 is 4.79 Å². The number of benzene rings is 1. The van der Waals surface area contributed by atoms with Crippen molar-refractivity contribution in [1.29, 1.82) is 0 Å². The minimum absolute atomic E-state index is 0.162. The fraction of sp³-hybridized carbons (Fsp3) is 0.500. The van der Waals surface area contributed by atoms with E-state index < -0.39 is 0 Å². The van der Waals surface area contributed by atoms with Gasteiger partial charge in [0, 0.05) is 23.7 Å². The zero-order valence-electron chi connectivity index (χ0n) is 10.1. The molecule has 1 unspecified atom stereocenters. The molecular weight excluding hydrogens is 266 g/mol. The molecule has 3 rings (SSSR count). The summed E-state index contributed by atoms with van der Waals surface area (Å²) in [5, 5.41) is 0.907. The number of thioether (sulfide) groups is 1. The van der Waals surface area contributed by atoms with E-state index in [0.717, 1.165) is 29.3 Å². The third kappa shape index (κ3) is 2.67. The summed E-state index contributed by atoms with van der Waals surface area (Å²) < 4.78 is 0. The van der Waals surface area contributed by atoms with Crippen LogP contribution in [0.15, 0.2) is 24.3 Å². The third-order valence-electron chi connectivity index (χ3n) is 3.51. The van der Waals surface area contributed by atoms with Gasteiger partial charge in [-0.15, -0.1) is 11.8 Å². The van der Waals surface area contributed by atoms with Crippen LogP contribution in [0.4, 0.5) is 0 Å². The highest BCUT2D eigenvalue weighted by atomic mass is 35.5. The summed E-state index contributed by atoms with van der Waals surface area (Å²) in [4.78, 5) is 14.3. The van der Waals surface area contributed by atoms with Gasteiger partial charge in [0.2, 0.25) is 5.91 Å². The number of amides is 1. The Hall–Kier alpha value is -0.670. The van der Waals surface area contributed by atoms with Crippen LogP contribution >= 0.6 is 23.4 Å². The lowest BCUT2D eigenvalue weighted by molar-refractivity contribution is -0.131. The van der Waals surface area contributed by atoms with E-state index in [4.69, 9.17) is 11.6 Å². The van der Waals surface area contributed by atoms with Gasteiger partial charge in [-0.05, 0) is 36.5 Å². The van der Waals surface area contributed by atoms with E-state index in [1.165, 1.54) is 12.8 Å². The first kappa shape index (κ1) is 12.4. The summed E-state index contributed by atoms with van der Waals surface area (Å²) in [6.07, 6.45) is 3.20. The first-order valence-electron chi connectivity index (χ1n) is 6.40. The van der Waals surface area contributed by atoms with Crippen molar-refractivity contribution in [2.45, 2.75) is 24.6 Å². The maximum atomic E-state index is 12.2. The molecule has 1 aliphatic heterocycles. The summed E-state index contributed by atoms with van der Waals surface area (Å²) in [6.45, 7) is 0.868. The summed E-state index contributed by atoms with van der Waals surface area (Å²) in [5.41, 5.74) is 1.15. The fourth-order valence-electron chi connectivity index (χ4n) is 2.35. The smallest absolute Gasteiger partial charge is 0.224 e. The SMILES string of the molecule is O=C(CC1CC1)N1CCSC1c1cccc(Cl)c1. The highest BCUT2D eigenvalue weighted by Gasteiger charge is 2.33. The molecule has 4 heteroatoms. The van der Waals surface area contributed by atoms with Gasteiger partial charge in [0.05, 0.1) is 0 Å². The molecule has 1 aromatic carbocycles. The summed E-state index contributed by atoms with van der Waals surface area (Å²) >= 11 is 7.87. The number of halogens is 1. The lowest BCUT2D eigenvalue weighted by atomic mass is 10.2. The van der Waals surface area contributed by atoms with Crippen LogP contribution < -0.4 is 0 Å². The van der Waals surface area contributed by atoms with Crippen LogP contribution in [0, 0.1) is 5.92 Å². The van der Waals surface area contributed by atoms with E-state index in [-0.39, 0.29) is 5.37 Å². The molecule has 0 spiro atoms. The lowest BCUT2D eigenvalue weighted by Crippen LogP contribution is -2.30. The summed E-state index contributed by atoms with van der Waals surface area (Å²) in [6, 6.07) is 7.87. The van der Waals surface area contributed by atoms with E-state index in [1.807, 2.05) is 34.9 Å². The van der Waals surface area contributed by atoms with Crippen molar-refractivity contribution >= 4 is 29.3 Å². The minimum atomic E-state index is 0.162. The molecule has 1 saturated carbocycles. The Morgan fingerprint density at radius 2 is 2.28 bits per heavy atom. The monoisotopic (exact) mass is 281 g/mol. The van der Waals surface area contributed by atoms with Gasteiger partial charge in [0.15, 0.2) is 0 Å². The molecule has 0 bridgehead atoms. The van der Waals surface area contributed by atoms with Crippen LogP contribution in [0.5, 0.6) is 0 Å². The van der Waals surface area contributed by atoms with Crippen molar-refractivity contribution in [3.8, 4) is 0 Å².